The molecule has 0 saturated carbocycles. The van der Waals surface area contributed by atoms with Crippen LogP contribution in [-0.4, -0.2) is 31.1 Å². The van der Waals surface area contributed by atoms with Crippen molar-refractivity contribution in [1.29, 1.82) is 0 Å². The van der Waals surface area contributed by atoms with Gasteiger partial charge in [0.1, 0.15) is 0 Å². The second kappa shape index (κ2) is 7.58. The van der Waals surface area contributed by atoms with Crippen LogP contribution < -0.4 is 5.32 Å². The maximum Gasteiger partial charge on any atom is 0.0330 e. The molecular formula is C17H27BrN2. The molecule has 1 fully saturated rings. The van der Waals surface area contributed by atoms with Gasteiger partial charge in [-0.15, -0.1) is 0 Å². The van der Waals surface area contributed by atoms with Crippen molar-refractivity contribution in [2.24, 2.45) is 5.92 Å². The molecule has 2 rings (SSSR count). The van der Waals surface area contributed by atoms with Gasteiger partial charge in [0.15, 0.2) is 0 Å². The summed E-state index contributed by atoms with van der Waals surface area (Å²) in [5.74, 6) is 0.774. The van der Waals surface area contributed by atoms with Crippen LogP contribution in [0.2, 0.25) is 0 Å². The highest BCUT2D eigenvalue weighted by atomic mass is 79.9. The molecule has 20 heavy (non-hydrogen) atoms. The number of halogens is 1. The van der Waals surface area contributed by atoms with Gasteiger partial charge in [0.05, 0.1) is 0 Å². The second-order valence-electron chi connectivity index (χ2n) is 6.17. The largest absolute Gasteiger partial charge is 0.313 e. The summed E-state index contributed by atoms with van der Waals surface area (Å²) in [6.45, 7) is 7.18. The highest BCUT2D eigenvalue weighted by Gasteiger charge is 2.27. The van der Waals surface area contributed by atoms with Gasteiger partial charge < -0.3 is 10.2 Å². The van der Waals surface area contributed by atoms with Crippen molar-refractivity contribution in [3.05, 3.63) is 34.3 Å². The van der Waals surface area contributed by atoms with E-state index in [1.807, 2.05) is 0 Å². The Kier molecular flexibility index (Phi) is 6.06. The number of rotatable bonds is 6. The molecule has 2 unspecified atom stereocenters. The van der Waals surface area contributed by atoms with E-state index in [-0.39, 0.29) is 0 Å². The highest BCUT2D eigenvalue weighted by Crippen LogP contribution is 2.26. The average Bonchev–Trinajstić information content (AvgIpc) is 2.88. The van der Waals surface area contributed by atoms with Crippen molar-refractivity contribution in [3.63, 3.8) is 0 Å². The molecule has 0 spiro atoms. The lowest BCUT2D eigenvalue weighted by Gasteiger charge is -2.29. The predicted molar refractivity (Wildman–Crippen MR) is 90.0 cm³/mol. The normalized spacial score (nSPS) is 21.6. The summed E-state index contributed by atoms with van der Waals surface area (Å²) in [6.07, 6.45) is 3.92. The average molecular weight is 339 g/mol. The van der Waals surface area contributed by atoms with E-state index in [1.165, 1.54) is 37.9 Å². The first-order valence-electron chi connectivity index (χ1n) is 7.78. The van der Waals surface area contributed by atoms with Gasteiger partial charge >= 0.3 is 0 Å². The van der Waals surface area contributed by atoms with Crippen molar-refractivity contribution >= 4 is 15.9 Å². The lowest BCUT2D eigenvalue weighted by Crippen LogP contribution is -2.35. The van der Waals surface area contributed by atoms with E-state index < -0.39 is 0 Å². The van der Waals surface area contributed by atoms with Crippen LogP contribution >= 0.6 is 15.9 Å². The number of likely N-dealkylation sites (tertiary alicyclic amines) is 1. The van der Waals surface area contributed by atoms with E-state index in [0.717, 1.165) is 16.4 Å². The standard InChI is InChI=1S/C17H27BrN2/c1-13(2)17-8-5-10-20(17)11-9-16(19-3)14-6-4-7-15(18)12-14/h4,6-7,12-13,16-17,19H,5,8-11H2,1-3H3. The number of benzene rings is 1. The Bertz CT molecular complexity index is 419. The van der Waals surface area contributed by atoms with Crippen LogP contribution in [0.5, 0.6) is 0 Å². The molecule has 2 nitrogen and oxygen atoms in total. The molecule has 1 aromatic carbocycles. The molecule has 1 aromatic rings. The van der Waals surface area contributed by atoms with Crippen LogP contribution in [0, 0.1) is 5.92 Å². The molecule has 1 saturated heterocycles. The zero-order valence-corrected chi connectivity index (χ0v) is 14.5. The molecule has 2 atom stereocenters. The molecule has 0 bridgehead atoms. The van der Waals surface area contributed by atoms with Gasteiger partial charge in [-0.05, 0) is 56.5 Å². The fraction of sp³-hybridized carbons (Fsp3) is 0.647. The summed E-state index contributed by atoms with van der Waals surface area (Å²) in [6, 6.07) is 9.89. The molecule has 1 heterocycles. The van der Waals surface area contributed by atoms with E-state index >= 15 is 0 Å². The van der Waals surface area contributed by atoms with Crippen LogP contribution in [0.4, 0.5) is 0 Å². The molecule has 0 amide bonds. The van der Waals surface area contributed by atoms with E-state index in [0.29, 0.717) is 6.04 Å². The van der Waals surface area contributed by atoms with Gasteiger partial charge in [-0.3, -0.25) is 0 Å². The number of hydrogen-bond donors (Lipinski definition) is 1. The lowest BCUT2D eigenvalue weighted by molar-refractivity contribution is 0.197. The fourth-order valence-corrected chi connectivity index (χ4v) is 3.80. The molecule has 0 radical (unpaired) electrons. The minimum atomic E-state index is 0.445. The van der Waals surface area contributed by atoms with Gasteiger partial charge in [0, 0.05) is 23.1 Å². The van der Waals surface area contributed by atoms with E-state index in [4.69, 9.17) is 0 Å². The Morgan fingerprint density at radius 1 is 1.40 bits per heavy atom. The highest BCUT2D eigenvalue weighted by molar-refractivity contribution is 9.10. The molecule has 0 aliphatic carbocycles. The lowest BCUT2D eigenvalue weighted by atomic mass is 10.0. The summed E-state index contributed by atoms with van der Waals surface area (Å²) < 4.78 is 1.16. The molecule has 1 aliphatic rings. The van der Waals surface area contributed by atoms with Crippen molar-refractivity contribution < 1.29 is 0 Å². The van der Waals surface area contributed by atoms with Crippen LogP contribution in [-0.2, 0) is 0 Å². The maximum absolute atomic E-state index is 3.57. The van der Waals surface area contributed by atoms with Gasteiger partial charge in [0.2, 0.25) is 0 Å². The van der Waals surface area contributed by atoms with E-state index in [9.17, 15) is 0 Å². The first-order valence-corrected chi connectivity index (χ1v) is 8.58. The maximum atomic E-state index is 3.57. The van der Waals surface area contributed by atoms with Crippen LogP contribution in [0.15, 0.2) is 28.7 Å². The van der Waals surface area contributed by atoms with Crippen LogP contribution in [0.3, 0.4) is 0 Å². The van der Waals surface area contributed by atoms with Gasteiger partial charge in [0.25, 0.3) is 0 Å². The minimum Gasteiger partial charge on any atom is -0.313 e. The third-order valence-corrected chi connectivity index (χ3v) is 4.98. The number of nitrogens with zero attached hydrogens (tertiary/aromatic N) is 1. The zero-order valence-electron chi connectivity index (χ0n) is 12.9. The van der Waals surface area contributed by atoms with Crippen LogP contribution in [0.1, 0.15) is 44.7 Å². The molecule has 1 aliphatic heterocycles. The Morgan fingerprint density at radius 2 is 2.20 bits per heavy atom. The molecular weight excluding hydrogens is 312 g/mol. The molecule has 0 aromatic heterocycles. The summed E-state index contributed by atoms with van der Waals surface area (Å²) in [5, 5.41) is 3.47. The van der Waals surface area contributed by atoms with Crippen molar-refractivity contribution in [3.8, 4) is 0 Å². The summed E-state index contributed by atoms with van der Waals surface area (Å²) in [7, 11) is 2.06. The summed E-state index contributed by atoms with van der Waals surface area (Å²) >= 11 is 3.57. The molecule has 1 N–H and O–H groups in total. The summed E-state index contributed by atoms with van der Waals surface area (Å²) in [5.41, 5.74) is 1.38. The quantitative estimate of drug-likeness (QED) is 0.835. The van der Waals surface area contributed by atoms with E-state index in [2.05, 4.69) is 71.3 Å². The first kappa shape index (κ1) is 16.0. The van der Waals surface area contributed by atoms with Crippen molar-refractivity contribution in [2.75, 3.05) is 20.1 Å². The predicted octanol–water partition coefficient (Wildman–Crippen LogP) is 4.22. The minimum absolute atomic E-state index is 0.445. The third-order valence-electron chi connectivity index (χ3n) is 4.49. The monoisotopic (exact) mass is 338 g/mol. The Hall–Kier alpha value is -0.380. The Labute approximate surface area is 132 Å². The van der Waals surface area contributed by atoms with Gasteiger partial charge in [-0.2, -0.15) is 0 Å². The molecule has 112 valence electrons. The first-order chi connectivity index (χ1) is 9.61. The smallest absolute Gasteiger partial charge is 0.0330 e. The van der Waals surface area contributed by atoms with Crippen molar-refractivity contribution in [1.82, 2.24) is 10.2 Å². The fourth-order valence-electron chi connectivity index (χ4n) is 3.38. The van der Waals surface area contributed by atoms with Crippen molar-refractivity contribution in [2.45, 2.75) is 45.2 Å². The Morgan fingerprint density at radius 3 is 2.85 bits per heavy atom. The van der Waals surface area contributed by atoms with E-state index in [1.54, 1.807) is 0 Å². The van der Waals surface area contributed by atoms with Gasteiger partial charge in [-0.25, -0.2) is 0 Å². The zero-order chi connectivity index (χ0) is 14.5. The molecule has 3 heteroatoms. The van der Waals surface area contributed by atoms with Gasteiger partial charge in [-0.1, -0.05) is 41.9 Å². The number of nitrogens with one attached hydrogen (secondary N) is 1. The Balaban J connectivity index is 1.94. The topological polar surface area (TPSA) is 15.3 Å². The second-order valence-corrected chi connectivity index (χ2v) is 7.09. The number of hydrogen-bond acceptors (Lipinski definition) is 2. The summed E-state index contributed by atoms with van der Waals surface area (Å²) in [4.78, 5) is 2.69. The SMILES string of the molecule is CNC(CCN1CCCC1C(C)C)c1cccc(Br)c1. The third kappa shape index (κ3) is 4.06. The van der Waals surface area contributed by atoms with Crippen LogP contribution in [0.25, 0.3) is 0 Å².